The molecule has 0 spiro atoms. The predicted octanol–water partition coefficient (Wildman–Crippen LogP) is 3.80. The van der Waals surface area contributed by atoms with Crippen molar-refractivity contribution in [3.05, 3.63) is 35.4 Å². The number of hydrogen-bond donors (Lipinski definition) is 1. The van der Waals surface area contributed by atoms with E-state index in [1.165, 1.54) is 31.2 Å². The van der Waals surface area contributed by atoms with Crippen LogP contribution in [0.15, 0.2) is 24.3 Å². The average Bonchev–Trinajstić information content (AvgIpc) is 2.30. The fourth-order valence-corrected chi connectivity index (χ4v) is 3.32. The molecule has 0 bridgehead atoms. The molecule has 1 saturated heterocycles. The second-order valence-electron chi connectivity index (χ2n) is 5.77. The van der Waals surface area contributed by atoms with E-state index in [1.54, 1.807) is 5.56 Å². The summed E-state index contributed by atoms with van der Waals surface area (Å²) in [6.07, 6.45) is 5.13. The molecular weight excluding hydrogens is 206 g/mol. The van der Waals surface area contributed by atoms with E-state index >= 15 is 0 Å². The summed E-state index contributed by atoms with van der Waals surface area (Å²) < 4.78 is 0. The van der Waals surface area contributed by atoms with Crippen molar-refractivity contribution >= 4 is 0 Å². The molecule has 0 aromatic heterocycles. The Labute approximate surface area is 106 Å². The molecule has 1 aromatic rings. The van der Waals surface area contributed by atoms with Gasteiger partial charge in [-0.3, -0.25) is 0 Å². The first-order valence-electron chi connectivity index (χ1n) is 6.95. The second-order valence-corrected chi connectivity index (χ2v) is 5.77. The van der Waals surface area contributed by atoms with Crippen molar-refractivity contribution in [1.82, 2.24) is 5.32 Å². The van der Waals surface area contributed by atoms with Crippen molar-refractivity contribution in [2.75, 3.05) is 6.54 Å². The minimum atomic E-state index is 0.371. The van der Waals surface area contributed by atoms with Crippen LogP contribution in [-0.2, 0) is 5.41 Å². The highest BCUT2D eigenvalue weighted by atomic mass is 14.9. The molecule has 0 aliphatic carbocycles. The van der Waals surface area contributed by atoms with Gasteiger partial charge in [-0.05, 0) is 49.3 Å². The van der Waals surface area contributed by atoms with Crippen molar-refractivity contribution in [3.63, 3.8) is 0 Å². The zero-order valence-electron chi connectivity index (χ0n) is 11.4. The van der Waals surface area contributed by atoms with Gasteiger partial charge in [0.05, 0.1) is 0 Å². The lowest BCUT2D eigenvalue weighted by atomic mass is 9.70. The molecule has 94 valence electrons. The van der Waals surface area contributed by atoms with E-state index in [9.17, 15) is 0 Å². The van der Waals surface area contributed by atoms with E-state index in [-0.39, 0.29) is 0 Å². The maximum absolute atomic E-state index is 3.66. The number of hydrogen-bond acceptors (Lipinski definition) is 1. The van der Waals surface area contributed by atoms with Crippen LogP contribution in [0, 0.1) is 6.92 Å². The van der Waals surface area contributed by atoms with Gasteiger partial charge >= 0.3 is 0 Å². The lowest BCUT2D eigenvalue weighted by Gasteiger charge is -2.40. The number of rotatable bonds is 3. The van der Waals surface area contributed by atoms with E-state index < -0.39 is 0 Å². The van der Waals surface area contributed by atoms with E-state index in [1.807, 2.05) is 0 Å². The van der Waals surface area contributed by atoms with E-state index in [0.717, 1.165) is 6.54 Å². The molecule has 17 heavy (non-hydrogen) atoms. The molecule has 1 aliphatic heterocycles. The van der Waals surface area contributed by atoms with Crippen LogP contribution in [0.2, 0.25) is 0 Å². The summed E-state index contributed by atoms with van der Waals surface area (Å²) in [6.45, 7) is 8.13. The Balaban J connectivity index is 2.20. The predicted molar refractivity (Wildman–Crippen MR) is 74.5 cm³/mol. The molecular formula is C16H25N. The second kappa shape index (κ2) is 5.22. The number of piperidine rings is 1. The average molecular weight is 231 g/mol. The van der Waals surface area contributed by atoms with Crippen molar-refractivity contribution in [1.29, 1.82) is 0 Å². The highest BCUT2D eigenvalue weighted by Crippen LogP contribution is 2.37. The van der Waals surface area contributed by atoms with Crippen LogP contribution in [0.25, 0.3) is 0 Å². The summed E-state index contributed by atoms with van der Waals surface area (Å²) in [5.74, 6) is 0. The smallest absolute Gasteiger partial charge is 0.00753 e. The topological polar surface area (TPSA) is 12.0 Å². The first-order valence-corrected chi connectivity index (χ1v) is 6.95. The monoisotopic (exact) mass is 231 g/mol. The summed E-state index contributed by atoms with van der Waals surface area (Å²) in [5, 5.41) is 3.66. The van der Waals surface area contributed by atoms with Gasteiger partial charge in [0.15, 0.2) is 0 Å². The number of nitrogens with one attached hydrogen (secondary N) is 1. The Morgan fingerprint density at radius 3 is 2.82 bits per heavy atom. The molecule has 1 nitrogen and oxygen atoms in total. The van der Waals surface area contributed by atoms with E-state index in [0.29, 0.717) is 11.5 Å². The molecule has 2 atom stereocenters. The summed E-state index contributed by atoms with van der Waals surface area (Å²) in [5.41, 5.74) is 3.38. The summed E-state index contributed by atoms with van der Waals surface area (Å²) in [4.78, 5) is 0. The summed E-state index contributed by atoms with van der Waals surface area (Å²) in [6, 6.07) is 9.61. The van der Waals surface area contributed by atoms with Gasteiger partial charge in [0.2, 0.25) is 0 Å². The van der Waals surface area contributed by atoms with Crippen LogP contribution in [0.4, 0.5) is 0 Å². The van der Waals surface area contributed by atoms with Crippen LogP contribution < -0.4 is 5.32 Å². The molecule has 0 saturated carbocycles. The SMILES string of the molecule is CCCC1CC(C)(c2ccccc2C)CCN1. The Hall–Kier alpha value is -0.820. The molecule has 2 rings (SSSR count). The lowest BCUT2D eigenvalue weighted by Crippen LogP contribution is -2.45. The fourth-order valence-electron chi connectivity index (χ4n) is 3.32. The van der Waals surface area contributed by atoms with Gasteiger partial charge in [-0.1, -0.05) is 44.5 Å². The third-order valence-electron chi connectivity index (χ3n) is 4.24. The zero-order chi connectivity index (χ0) is 12.3. The normalized spacial score (nSPS) is 29.2. The first kappa shape index (κ1) is 12.6. The first-order chi connectivity index (χ1) is 8.15. The third-order valence-corrected chi connectivity index (χ3v) is 4.24. The number of aryl methyl sites for hydroxylation is 1. The van der Waals surface area contributed by atoms with Gasteiger partial charge < -0.3 is 5.32 Å². The van der Waals surface area contributed by atoms with Crippen molar-refractivity contribution in [2.45, 2.75) is 57.9 Å². The minimum absolute atomic E-state index is 0.371. The Kier molecular flexibility index (Phi) is 3.88. The van der Waals surface area contributed by atoms with Gasteiger partial charge in [-0.15, -0.1) is 0 Å². The molecule has 1 aromatic carbocycles. The standard InChI is InChI=1S/C16H25N/c1-4-7-14-12-16(3,10-11-17-14)15-9-6-5-8-13(15)2/h5-6,8-9,14,17H,4,7,10-12H2,1-3H3. The lowest BCUT2D eigenvalue weighted by molar-refractivity contribution is 0.260. The van der Waals surface area contributed by atoms with Crippen LogP contribution in [0.5, 0.6) is 0 Å². The Morgan fingerprint density at radius 1 is 1.35 bits per heavy atom. The molecule has 1 heterocycles. The van der Waals surface area contributed by atoms with Crippen molar-refractivity contribution < 1.29 is 0 Å². The van der Waals surface area contributed by atoms with Crippen LogP contribution in [0.3, 0.4) is 0 Å². The third kappa shape index (κ3) is 2.71. The molecule has 0 amide bonds. The summed E-state index contributed by atoms with van der Waals surface area (Å²) in [7, 11) is 0. The Morgan fingerprint density at radius 2 is 2.12 bits per heavy atom. The Bertz CT molecular complexity index is 370. The van der Waals surface area contributed by atoms with Gasteiger partial charge in [-0.25, -0.2) is 0 Å². The molecule has 2 unspecified atom stereocenters. The van der Waals surface area contributed by atoms with Gasteiger partial charge in [0, 0.05) is 6.04 Å². The highest BCUT2D eigenvalue weighted by molar-refractivity contribution is 5.33. The maximum atomic E-state index is 3.66. The van der Waals surface area contributed by atoms with Crippen molar-refractivity contribution in [3.8, 4) is 0 Å². The number of benzene rings is 1. The quantitative estimate of drug-likeness (QED) is 0.834. The van der Waals surface area contributed by atoms with E-state index in [2.05, 4.69) is 50.4 Å². The van der Waals surface area contributed by atoms with Gasteiger partial charge in [-0.2, -0.15) is 0 Å². The van der Waals surface area contributed by atoms with Gasteiger partial charge in [0.25, 0.3) is 0 Å². The van der Waals surface area contributed by atoms with E-state index in [4.69, 9.17) is 0 Å². The fraction of sp³-hybridized carbons (Fsp3) is 0.625. The van der Waals surface area contributed by atoms with Crippen LogP contribution >= 0.6 is 0 Å². The molecule has 1 heteroatoms. The van der Waals surface area contributed by atoms with Crippen LogP contribution in [0.1, 0.15) is 50.7 Å². The minimum Gasteiger partial charge on any atom is -0.314 e. The maximum Gasteiger partial charge on any atom is 0.00753 e. The molecule has 1 aliphatic rings. The van der Waals surface area contributed by atoms with Crippen molar-refractivity contribution in [2.24, 2.45) is 0 Å². The molecule has 0 radical (unpaired) electrons. The summed E-state index contributed by atoms with van der Waals surface area (Å²) >= 11 is 0. The van der Waals surface area contributed by atoms with Crippen LogP contribution in [-0.4, -0.2) is 12.6 Å². The molecule has 1 N–H and O–H groups in total. The highest BCUT2D eigenvalue weighted by Gasteiger charge is 2.33. The zero-order valence-corrected chi connectivity index (χ0v) is 11.4. The largest absolute Gasteiger partial charge is 0.314 e. The van der Waals surface area contributed by atoms with Gasteiger partial charge in [0.1, 0.15) is 0 Å². The molecule has 1 fully saturated rings.